The average Bonchev–Trinajstić information content (AvgIpc) is 2.92. The lowest BCUT2D eigenvalue weighted by atomic mass is 10.2. The van der Waals surface area contributed by atoms with E-state index >= 15 is 0 Å². The molecule has 6 heteroatoms. The molecule has 0 aliphatic heterocycles. The van der Waals surface area contributed by atoms with Gasteiger partial charge >= 0.3 is 6.16 Å². The number of nitrogens with zero attached hydrogens (tertiary/aromatic N) is 1. The molecule has 0 bridgehead atoms. The summed E-state index contributed by atoms with van der Waals surface area (Å²) in [6, 6.07) is 11.4. The van der Waals surface area contributed by atoms with Crippen LogP contribution < -0.4 is 9.64 Å². The molecule has 0 aliphatic carbocycles. The Labute approximate surface area is 139 Å². The van der Waals surface area contributed by atoms with Gasteiger partial charge in [-0.2, -0.15) is 0 Å². The SMILES string of the molecule is CCCC(=O)N(CC)c1cc(-c2ccccc2)sc1OC(=O)O. The minimum Gasteiger partial charge on any atom is -0.449 e. The molecule has 0 radical (unpaired) electrons. The number of anilines is 1. The second kappa shape index (κ2) is 7.78. The Morgan fingerprint density at radius 1 is 1.22 bits per heavy atom. The molecular formula is C17H19NO4S. The van der Waals surface area contributed by atoms with Crippen molar-refractivity contribution in [1.82, 2.24) is 0 Å². The molecule has 0 unspecified atom stereocenters. The van der Waals surface area contributed by atoms with Gasteiger partial charge in [0.05, 0.1) is 5.69 Å². The average molecular weight is 333 g/mol. The van der Waals surface area contributed by atoms with Crippen LogP contribution in [0.4, 0.5) is 10.5 Å². The summed E-state index contributed by atoms with van der Waals surface area (Å²) < 4.78 is 4.90. The van der Waals surface area contributed by atoms with Crippen LogP contribution in [0.15, 0.2) is 36.4 Å². The molecule has 23 heavy (non-hydrogen) atoms. The Bertz CT molecular complexity index is 681. The van der Waals surface area contributed by atoms with Crippen molar-refractivity contribution in [1.29, 1.82) is 0 Å². The van der Waals surface area contributed by atoms with Crippen molar-refractivity contribution < 1.29 is 19.4 Å². The molecule has 122 valence electrons. The molecule has 0 saturated heterocycles. The third-order valence-electron chi connectivity index (χ3n) is 3.29. The third-order valence-corrected chi connectivity index (χ3v) is 4.34. The van der Waals surface area contributed by atoms with E-state index in [4.69, 9.17) is 9.84 Å². The number of ether oxygens (including phenoxy) is 1. The fourth-order valence-corrected chi connectivity index (χ4v) is 3.29. The molecule has 0 aliphatic rings. The number of rotatable bonds is 6. The van der Waals surface area contributed by atoms with Crippen molar-refractivity contribution in [3.63, 3.8) is 0 Å². The lowest BCUT2D eigenvalue weighted by Gasteiger charge is -2.20. The molecule has 1 N–H and O–H groups in total. The van der Waals surface area contributed by atoms with E-state index < -0.39 is 6.16 Å². The van der Waals surface area contributed by atoms with E-state index in [1.54, 1.807) is 4.90 Å². The van der Waals surface area contributed by atoms with Gasteiger partial charge < -0.3 is 14.7 Å². The molecular weight excluding hydrogens is 314 g/mol. The summed E-state index contributed by atoms with van der Waals surface area (Å²) >= 11 is 1.22. The summed E-state index contributed by atoms with van der Waals surface area (Å²) in [6.07, 6.45) is -0.233. The Kier molecular flexibility index (Phi) is 5.76. The zero-order valence-electron chi connectivity index (χ0n) is 13.1. The Morgan fingerprint density at radius 3 is 2.48 bits per heavy atom. The van der Waals surface area contributed by atoms with Crippen LogP contribution in [0.2, 0.25) is 0 Å². The highest BCUT2D eigenvalue weighted by Gasteiger charge is 2.22. The number of benzene rings is 1. The highest BCUT2D eigenvalue weighted by Crippen LogP contribution is 2.43. The molecule has 1 aromatic heterocycles. The van der Waals surface area contributed by atoms with Crippen molar-refractivity contribution >= 4 is 29.1 Å². The topological polar surface area (TPSA) is 66.8 Å². The normalized spacial score (nSPS) is 10.3. The summed E-state index contributed by atoms with van der Waals surface area (Å²) in [5.41, 5.74) is 1.47. The summed E-state index contributed by atoms with van der Waals surface area (Å²) in [5, 5.41) is 9.17. The van der Waals surface area contributed by atoms with Crippen LogP contribution in [-0.2, 0) is 4.79 Å². The maximum atomic E-state index is 12.3. The zero-order chi connectivity index (χ0) is 16.8. The molecule has 1 heterocycles. The highest BCUT2D eigenvalue weighted by atomic mass is 32.1. The minimum absolute atomic E-state index is 0.0392. The van der Waals surface area contributed by atoms with E-state index in [1.165, 1.54) is 11.3 Å². The number of carbonyl (C=O) groups is 2. The van der Waals surface area contributed by atoms with E-state index in [2.05, 4.69) is 0 Å². The maximum Gasteiger partial charge on any atom is 0.512 e. The van der Waals surface area contributed by atoms with Crippen LogP contribution in [0.25, 0.3) is 10.4 Å². The summed E-state index contributed by atoms with van der Waals surface area (Å²) in [6.45, 7) is 4.25. The van der Waals surface area contributed by atoms with Crippen LogP contribution in [0.3, 0.4) is 0 Å². The molecule has 1 amide bonds. The van der Waals surface area contributed by atoms with E-state index in [9.17, 15) is 9.59 Å². The monoisotopic (exact) mass is 333 g/mol. The lowest BCUT2D eigenvalue weighted by Crippen LogP contribution is -2.30. The van der Waals surface area contributed by atoms with Gasteiger partial charge in [-0.25, -0.2) is 4.79 Å². The quantitative estimate of drug-likeness (QED) is 0.783. The minimum atomic E-state index is -1.38. The number of hydrogen-bond acceptors (Lipinski definition) is 4. The van der Waals surface area contributed by atoms with Crippen molar-refractivity contribution in [2.75, 3.05) is 11.4 Å². The van der Waals surface area contributed by atoms with E-state index in [0.717, 1.165) is 16.9 Å². The van der Waals surface area contributed by atoms with Gasteiger partial charge in [-0.3, -0.25) is 4.79 Å². The highest BCUT2D eigenvalue weighted by molar-refractivity contribution is 7.18. The number of carbonyl (C=O) groups excluding carboxylic acids is 1. The van der Waals surface area contributed by atoms with Crippen LogP contribution in [0.5, 0.6) is 5.06 Å². The molecule has 5 nitrogen and oxygen atoms in total. The maximum absolute atomic E-state index is 12.3. The van der Waals surface area contributed by atoms with E-state index in [-0.39, 0.29) is 11.0 Å². The fourth-order valence-electron chi connectivity index (χ4n) is 2.28. The molecule has 0 saturated carbocycles. The predicted octanol–water partition coefficient (Wildman–Crippen LogP) is 4.62. The first-order valence-electron chi connectivity index (χ1n) is 7.47. The Morgan fingerprint density at radius 2 is 1.91 bits per heavy atom. The second-order valence-electron chi connectivity index (χ2n) is 4.91. The third kappa shape index (κ3) is 4.10. The van der Waals surface area contributed by atoms with Crippen molar-refractivity contribution in [2.24, 2.45) is 0 Å². The molecule has 0 fully saturated rings. The molecule has 0 spiro atoms. The first-order chi connectivity index (χ1) is 11.1. The Hall–Kier alpha value is -2.34. The van der Waals surface area contributed by atoms with Gasteiger partial charge in [0.15, 0.2) is 0 Å². The van der Waals surface area contributed by atoms with Gasteiger partial charge in [0, 0.05) is 17.8 Å². The van der Waals surface area contributed by atoms with Gasteiger partial charge in [-0.1, -0.05) is 48.6 Å². The summed E-state index contributed by atoms with van der Waals surface area (Å²) in [7, 11) is 0. The van der Waals surface area contributed by atoms with E-state index in [1.807, 2.05) is 50.2 Å². The van der Waals surface area contributed by atoms with Crippen LogP contribution in [-0.4, -0.2) is 23.7 Å². The van der Waals surface area contributed by atoms with Gasteiger partial charge in [0.25, 0.3) is 0 Å². The Balaban J connectivity index is 2.45. The van der Waals surface area contributed by atoms with Gasteiger partial charge in [-0.05, 0) is 25.0 Å². The first-order valence-corrected chi connectivity index (χ1v) is 8.28. The van der Waals surface area contributed by atoms with Gasteiger partial charge in [0.1, 0.15) is 0 Å². The number of thiophene rings is 1. The number of hydrogen-bond donors (Lipinski definition) is 1. The molecule has 2 aromatic rings. The zero-order valence-corrected chi connectivity index (χ0v) is 13.9. The standard InChI is InChI=1S/C17H19NO4S/c1-3-8-15(19)18(4-2)13-11-14(12-9-6-5-7-10-12)23-16(13)22-17(20)21/h5-7,9-11H,3-4,8H2,1-2H3,(H,20,21). The second-order valence-corrected chi connectivity index (χ2v) is 5.92. The predicted molar refractivity (Wildman–Crippen MR) is 91.3 cm³/mol. The van der Waals surface area contributed by atoms with Gasteiger partial charge in [-0.15, -0.1) is 0 Å². The first kappa shape index (κ1) is 17.0. The van der Waals surface area contributed by atoms with Crippen LogP contribution in [0.1, 0.15) is 26.7 Å². The van der Waals surface area contributed by atoms with Crippen LogP contribution >= 0.6 is 11.3 Å². The molecule has 0 atom stereocenters. The van der Waals surface area contributed by atoms with Crippen molar-refractivity contribution in [3.8, 4) is 15.5 Å². The van der Waals surface area contributed by atoms with Crippen molar-refractivity contribution in [2.45, 2.75) is 26.7 Å². The largest absolute Gasteiger partial charge is 0.512 e. The van der Waals surface area contributed by atoms with E-state index in [0.29, 0.717) is 18.7 Å². The summed E-state index contributed by atoms with van der Waals surface area (Å²) in [5.74, 6) is -0.0392. The van der Waals surface area contributed by atoms with Crippen molar-refractivity contribution in [3.05, 3.63) is 36.4 Å². The number of amides is 1. The summed E-state index contributed by atoms with van der Waals surface area (Å²) in [4.78, 5) is 25.7. The number of carboxylic acid groups (broad SMARTS) is 1. The van der Waals surface area contributed by atoms with Gasteiger partial charge in [0.2, 0.25) is 11.0 Å². The fraction of sp³-hybridized carbons (Fsp3) is 0.294. The van der Waals surface area contributed by atoms with Crippen LogP contribution in [0, 0.1) is 0 Å². The lowest BCUT2D eigenvalue weighted by molar-refractivity contribution is -0.118. The smallest absolute Gasteiger partial charge is 0.449 e. The molecule has 2 rings (SSSR count). The molecule has 1 aromatic carbocycles.